The topological polar surface area (TPSA) is 93.9 Å². The maximum atomic E-state index is 12.7. The van der Waals surface area contributed by atoms with E-state index in [2.05, 4.69) is 16.3 Å². The van der Waals surface area contributed by atoms with Crippen molar-refractivity contribution in [2.75, 3.05) is 31.6 Å². The molecule has 1 N–H and O–H groups in total. The Bertz CT molecular complexity index is 962. The lowest BCUT2D eigenvalue weighted by atomic mass is 10.0. The average Bonchev–Trinajstić information content (AvgIpc) is 3.04. The van der Waals surface area contributed by atoms with Gasteiger partial charge in [0, 0.05) is 30.3 Å². The average molecular weight is 411 g/mol. The number of rotatable bonds is 5. The monoisotopic (exact) mass is 411 g/mol. The van der Waals surface area contributed by atoms with Crippen molar-refractivity contribution in [2.24, 2.45) is 0 Å². The molecule has 0 spiro atoms. The summed E-state index contributed by atoms with van der Waals surface area (Å²) >= 11 is 0. The van der Waals surface area contributed by atoms with E-state index >= 15 is 0 Å². The number of carbonyl (C=O) groups is 1. The Labute approximate surface area is 174 Å². The highest BCUT2D eigenvalue weighted by molar-refractivity contribution is 5.93. The van der Waals surface area contributed by atoms with Crippen LogP contribution < -0.4 is 14.8 Å². The Morgan fingerprint density at radius 2 is 1.97 bits per heavy atom. The molecular formula is C22H25N3O5. The van der Waals surface area contributed by atoms with Crippen molar-refractivity contribution in [3.8, 4) is 11.5 Å². The van der Waals surface area contributed by atoms with Gasteiger partial charge in [-0.15, -0.1) is 0 Å². The number of nitrogens with one attached hydrogen (secondary N) is 1. The van der Waals surface area contributed by atoms with E-state index in [1.54, 1.807) is 13.0 Å². The number of likely N-dealkylation sites (tertiary alicyclic amines) is 1. The minimum absolute atomic E-state index is 0.0134. The zero-order chi connectivity index (χ0) is 21.1. The quantitative estimate of drug-likeness (QED) is 0.593. The van der Waals surface area contributed by atoms with Crippen molar-refractivity contribution in [1.82, 2.24) is 4.90 Å². The second-order valence-electron chi connectivity index (χ2n) is 7.69. The number of aryl methyl sites for hydroxylation is 1. The van der Waals surface area contributed by atoms with E-state index in [0.717, 1.165) is 42.9 Å². The van der Waals surface area contributed by atoms with Crippen LogP contribution in [-0.4, -0.2) is 42.0 Å². The zero-order valence-corrected chi connectivity index (χ0v) is 16.9. The molecule has 1 amide bonds. The summed E-state index contributed by atoms with van der Waals surface area (Å²) in [7, 11) is 0. The van der Waals surface area contributed by atoms with Crippen molar-refractivity contribution < 1.29 is 19.2 Å². The second kappa shape index (κ2) is 8.71. The number of non-ortho nitro benzene ring substituents is 1. The maximum absolute atomic E-state index is 12.7. The van der Waals surface area contributed by atoms with Gasteiger partial charge in [0.2, 0.25) is 5.91 Å². The number of nitro benzene ring substituents is 1. The molecule has 0 unspecified atom stereocenters. The molecule has 2 aliphatic heterocycles. The number of amides is 1. The highest BCUT2D eigenvalue weighted by atomic mass is 16.6. The number of fused-ring (bicyclic) bond motifs is 1. The van der Waals surface area contributed by atoms with Crippen molar-refractivity contribution in [2.45, 2.75) is 32.2 Å². The third-order valence-electron chi connectivity index (χ3n) is 5.56. The Morgan fingerprint density at radius 1 is 1.17 bits per heavy atom. The van der Waals surface area contributed by atoms with Crippen LogP contribution in [0.5, 0.6) is 11.5 Å². The second-order valence-corrected chi connectivity index (χ2v) is 7.69. The predicted octanol–water partition coefficient (Wildman–Crippen LogP) is 3.84. The molecule has 8 heteroatoms. The highest BCUT2D eigenvalue weighted by Gasteiger charge is 2.28. The summed E-state index contributed by atoms with van der Waals surface area (Å²) in [4.78, 5) is 25.3. The minimum Gasteiger partial charge on any atom is -0.490 e. The van der Waals surface area contributed by atoms with Gasteiger partial charge in [-0.05, 0) is 55.6 Å². The Morgan fingerprint density at radius 3 is 2.73 bits per heavy atom. The van der Waals surface area contributed by atoms with Gasteiger partial charge in [-0.3, -0.25) is 19.8 Å². The molecule has 8 nitrogen and oxygen atoms in total. The number of nitrogens with zero attached hydrogens (tertiary/aromatic N) is 2. The first-order valence-corrected chi connectivity index (χ1v) is 10.2. The SMILES string of the molecule is Cc1cc([N+](=O)[O-])ccc1NC(=O)CN1CCC[C@H]1c1ccc2c(c1)OCCCO2. The smallest absolute Gasteiger partial charge is 0.269 e. The van der Waals surface area contributed by atoms with Gasteiger partial charge >= 0.3 is 0 Å². The van der Waals surface area contributed by atoms with Crippen LogP contribution in [0.15, 0.2) is 36.4 Å². The summed E-state index contributed by atoms with van der Waals surface area (Å²) in [5.41, 5.74) is 2.39. The first-order valence-electron chi connectivity index (χ1n) is 10.2. The summed E-state index contributed by atoms with van der Waals surface area (Å²) in [6.07, 6.45) is 2.86. The molecule has 1 saturated heterocycles. The standard InChI is InChI=1S/C22H25N3O5/c1-15-12-17(25(27)28)6-7-18(15)23-22(26)14-24-9-2-4-19(24)16-5-8-20-21(13-16)30-11-3-10-29-20/h5-8,12-13,19H,2-4,9-11,14H2,1H3,(H,23,26)/t19-/m0/s1. The molecule has 2 heterocycles. The molecule has 0 aliphatic carbocycles. The van der Waals surface area contributed by atoms with Crippen molar-refractivity contribution >= 4 is 17.3 Å². The Kier molecular flexibility index (Phi) is 5.85. The molecule has 0 radical (unpaired) electrons. The van der Waals surface area contributed by atoms with Gasteiger partial charge in [0.25, 0.3) is 5.69 Å². The first-order chi connectivity index (χ1) is 14.5. The summed E-state index contributed by atoms with van der Waals surface area (Å²) in [6, 6.07) is 10.6. The van der Waals surface area contributed by atoms with Crippen LogP contribution in [0.2, 0.25) is 0 Å². The molecule has 0 saturated carbocycles. The van der Waals surface area contributed by atoms with E-state index in [1.165, 1.54) is 12.1 Å². The van der Waals surface area contributed by atoms with Gasteiger partial charge in [-0.2, -0.15) is 0 Å². The predicted molar refractivity (Wildman–Crippen MR) is 112 cm³/mol. The molecule has 1 atom stereocenters. The van der Waals surface area contributed by atoms with E-state index in [0.29, 0.717) is 24.5 Å². The van der Waals surface area contributed by atoms with Crippen LogP contribution in [-0.2, 0) is 4.79 Å². The van der Waals surface area contributed by atoms with E-state index in [1.807, 2.05) is 12.1 Å². The maximum Gasteiger partial charge on any atom is 0.269 e. The lowest BCUT2D eigenvalue weighted by Crippen LogP contribution is -2.33. The van der Waals surface area contributed by atoms with Gasteiger partial charge in [-0.25, -0.2) is 0 Å². The minimum atomic E-state index is -0.442. The molecule has 2 aromatic carbocycles. The molecule has 2 aliphatic rings. The molecule has 4 rings (SSSR count). The zero-order valence-electron chi connectivity index (χ0n) is 16.9. The third kappa shape index (κ3) is 4.38. The van der Waals surface area contributed by atoms with Gasteiger partial charge in [-0.1, -0.05) is 6.07 Å². The number of hydrogen-bond donors (Lipinski definition) is 1. The molecule has 158 valence electrons. The number of benzene rings is 2. The van der Waals surface area contributed by atoms with Crippen LogP contribution in [0.4, 0.5) is 11.4 Å². The fraction of sp³-hybridized carbons (Fsp3) is 0.409. The number of nitro groups is 1. The summed E-state index contributed by atoms with van der Waals surface area (Å²) in [5.74, 6) is 1.41. The van der Waals surface area contributed by atoms with Crippen LogP contribution in [0, 0.1) is 17.0 Å². The lowest BCUT2D eigenvalue weighted by molar-refractivity contribution is -0.384. The van der Waals surface area contributed by atoms with Crippen LogP contribution in [0.25, 0.3) is 0 Å². The van der Waals surface area contributed by atoms with E-state index in [-0.39, 0.29) is 24.2 Å². The largest absolute Gasteiger partial charge is 0.490 e. The van der Waals surface area contributed by atoms with E-state index < -0.39 is 4.92 Å². The fourth-order valence-electron chi connectivity index (χ4n) is 4.06. The number of hydrogen-bond acceptors (Lipinski definition) is 6. The van der Waals surface area contributed by atoms with Crippen molar-refractivity contribution in [3.63, 3.8) is 0 Å². The molecule has 0 bridgehead atoms. The molecule has 1 fully saturated rings. The highest BCUT2D eigenvalue weighted by Crippen LogP contribution is 2.37. The normalized spacial score (nSPS) is 18.6. The lowest BCUT2D eigenvalue weighted by Gasteiger charge is -2.25. The molecule has 0 aromatic heterocycles. The van der Waals surface area contributed by atoms with Crippen LogP contribution in [0.3, 0.4) is 0 Å². The number of ether oxygens (including phenoxy) is 2. The fourth-order valence-corrected chi connectivity index (χ4v) is 4.06. The molecular weight excluding hydrogens is 386 g/mol. The Balaban J connectivity index is 1.43. The number of anilines is 1. The van der Waals surface area contributed by atoms with Crippen molar-refractivity contribution in [3.05, 3.63) is 57.6 Å². The first kappa shape index (κ1) is 20.2. The third-order valence-corrected chi connectivity index (χ3v) is 5.56. The summed E-state index contributed by atoms with van der Waals surface area (Å²) in [6.45, 7) is 4.15. The molecule has 2 aromatic rings. The van der Waals surface area contributed by atoms with E-state index in [4.69, 9.17) is 9.47 Å². The molecule has 30 heavy (non-hydrogen) atoms. The van der Waals surface area contributed by atoms with Crippen LogP contribution >= 0.6 is 0 Å². The van der Waals surface area contributed by atoms with Crippen molar-refractivity contribution in [1.29, 1.82) is 0 Å². The summed E-state index contributed by atoms with van der Waals surface area (Å²) < 4.78 is 11.5. The number of carbonyl (C=O) groups excluding carboxylic acids is 1. The Hall–Kier alpha value is -3.13. The van der Waals surface area contributed by atoms with Gasteiger partial charge in [0.1, 0.15) is 0 Å². The van der Waals surface area contributed by atoms with Gasteiger partial charge < -0.3 is 14.8 Å². The van der Waals surface area contributed by atoms with Gasteiger partial charge in [0.15, 0.2) is 11.5 Å². The summed E-state index contributed by atoms with van der Waals surface area (Å²) in [5, 5.41) is 13.8. The van der Waals surface area contributed by atoms with Crippen LogP contribution in [0.1, 0.15) is 36.4 Å². The van der Waals surface area contributed by atoms with E-state index in [9.17, 15) is 14.9 Å². The van der Waals surface area contributed by atoms with Gasteiger partial charge in [0.05, 0.1) is 24.7 Å².